The van der Waals surface area contributed by atoms with Crippen LogP contribution >= 0.6 is 11.8 Å². The first-order chi connectivity index (χ1) is 12.8. The quantitative estimate of drug-likeness (QED) is 0.612. The molecule has 0 N–H and O–H groups in total. The van der Waals surface area contributed by atoms with Crippen molar-refractivity contribution in [3.05, 3.63) is 72.2 Å². The average molecular weight is 392 g/mol. The smallest absolute Gasteiger partial charge is 0.337 e. The Morgan fingerprint density at radius 1 is 1.19 bits per heavy atom. The van der Waals surface area contributed by atoms with E-state index in [9.17, 15) is 18.0 Å². The van der Waals surface area contributed by atoms with Crippen LogP contribution in [0.3, 0.4) is 0 Å². The van der Waals surface area contributed by atoms with Gasteiger partial charge in [0.25, 0.3) is 5.91 Å². The predicted octanol–water partition coefficient (Wildman–Crippen LogP) is 4.15. The monoisotopic (exact) mass is 392 g/mol. The Hall–Kier alpha value is -2.81. The lowest BCUT2D eigenvalue weighted by Crippen LogP contribution is -2.27. The molecule has 3 rings (SSSR count). The third kappa shape index (κ3) is 4.88. The SMILES string of the molecule is CN(Cc1cnn(-c2ccccc2)c1)C(=O)c1cccnc1SC(F)(F)F. The molecule has 0 fully saturated rings. The van der Waals surface area contributed by atoms with Crippen molar-refractivity contribution in [3.63, 3.8) is 0 Å². The number of nitrogens with zero attached hydrogens (tertiary/aromatic N) is 4. The van der Waals surface area contributed by atoms with E-state index in [0.29, 0.717) is 0 Å². The summed E-state index contributed by atoms with van der Waals surface area (Å²) >= 11 is -0.394. The van der Waals surface area contributed by atoms with E-state index in [2.05, 4.69) is 10.1 Å². The van der Waals surface area contributed by atoms with Crippen molar-refractivity contribution >= 4 is 17.7 Å². The fraction of sp³-hybridized carbons (Fsp3) is 0.167. The van der Waals surface area contributed by atoms with Gasteiger partial charge in [0.05, 0.1) is 17.4 Å². The van der Waals surface area contributed by atoms with Gasteiger partial charge in [-0.2, -0.15) is 18.3 Å². The maximum Gasteiger partial charge on any atom is 0.447 e. The summed E-state index contributed by atoms with van der Waals surface area (Å²) in [4.78, 5) is 17.6. The van der Waals surface area contributed by atoms with Crippen LogP contribution < -0.4 is 0 Å². The first-order valence-electron chi connectivity index (χ1n) is 7.89. The van der Waals surface area contributed by atoms with Crippen LogP contribution in [-0.2, 0) is 6.54 Å². The fourth-order valence-electron chi connectivity index (χ4n) is 2.46. The van der Waals surface area contributed by atoms with Gasteiger partial charge in [-0.05, 0) is 24.3 Å². The van der Waals surface area contributed by atoms with Gasteiger partial charge < -0.3 is 4.90 Å². The lowest BCUT2D eigenvalue weighted by Gasteiger charge is -2.18. The molecule has 140 valence electrons. The molecule has 1 aromatic carbocycles. The lowest BCUT2D eigenvalue weighted by molar-refractivity contribution is -0.0329. The van der Waals surface area contributed by atoms with Gasteiger partial charge in [-0.25, -0.2) is 9.67 Å². The Morgan fingerprint density at radius 3 is 2.63 bits per heavy atom. The minimum absolute atomic E-state index is 0.0854. The molecule has 27 heavy (non-hydrogen) atoms. The summed E-state index contributed by atoms with van der Waals surface area (Å²) in [5.74, 6) is -0.540. The van der Waals surface area contributed by atoms with Gasteiger partial charge in [0.1, 0.15) is 5.03 Å². The standard InChI is InChI=1S/C18H15F3N4OS/c1-24(11-13-10-23-25(12-13)14-6-3-2-4-7-14)17(26)15-8-5-9-22-16(15)27-18(19,20)21/h2-10,12H,11H2,1H3. The largest absolute Gasteiger partial charge is 0.447 e. The van der Waals surface area contributed by atoms with Crippen LogP contribution in [0.25, 0.3) is 5.69 Å². The highest BCUT2D eigenvalue weighted by Gasteiger charge is 2.32. The van der Waals surface area contributed by atoms with Crippen LogP contribution in [0.15, 0.2) is 66.1 Å². The molecule has 0 unspecified atom stereocenters. The second-order valence-electron chi connectivity index (χ2n) is 5.69. The second-order valence-corrected chi connectivity index (χ2v) is 6.75. The van der Waals surface area contributed by atoms with Crippen LogP contribution in [-0.4, -0.2) is 38.1 Å². The summed E-state index contributed by atoms with van der Waals surface area (Å²) < 4.78 is 39.7. The minimum Gasteiger partial charge on any atom is -0.337 e. The van der Waals surface area contributed by atoms with Crippen LogP contribution in [0.4, 0.5) is 13.2 Å². The summed E-state index contributed by atoms with van der Waals surface area (Å²) in [6.45, 7) is 0.205. The molecular weight excluding hydrogens is 377 g/mol. The third-order valence-corrected chi connectivity index (χ3v) is 4.39. The van der Waals surface area contributed by atoms with Gasteiger partial charge in [-0.3, -0.25) is 4.79 Å². The average Bonchev–Trinajstić information content (AvgIpc) is 3.09. The maximum atomic E-state index is 12.7. The van der Waals surface area contributed by atoms with E-state index in [1.165, 1.54) is 30.3 Å². The number of halogens is 3. The molecule has 0 bridgehead atoms. The molecule has 9 heteroatoms. The highest BCUT2D eigenvalue weighted by Crippen LogP contribution is 2.37. The van der Waals surface area contributed by atoms with Crippen LogP contribution in [0.5, 0.6) is 0 Å². The predicted molar refractivity (Wildman–Crippen MR) is 95.5 cm³/mol. The third-order valence-electron chi connectivity index (χ3n) is 3.64. The molecule has 0 saturated heterocycles. The number of carbonyl (C=O) groups excluding carboxylic acids is 1. The van der Waals surface area contributed by atoms with E-state index in [1.807, 2.05) is 30.3 Å². The van der Waals surface area contributed by atoms with Crippen molar-refractivity contribution in [1.82, 2.24) is 19.7 Å². The van der Waals surface area contributed by atoms with Crippen molar-refractivity contribution in [2.24, 2.45) is 0 Å². The molecule has 2 heterocycles. The van der Waals surface area contributed by atoms with Gasteiger partial charge in [0.15, 0.2) is 0 Å². The number of para-hydroxylation sites is 1. The van der Waals surface area contributed by atoms with Crippen molar-refractivity contribution in [1.29, 1.82) is 0 Å². The number of hydrogen-bond acceptors (Lipinski definition) is 4. The molecule has 2 aromatic heterocycles. The molecule has 0 aliphatic carbocycles. The van der Waals surface area contributed by atoms with E-state index < -0.39 is 23.2 Å². The van der Waals surface area contributed by atoms with Crippen molar-refractivity contribution < 1.29 is 18.0 Å². The van der Waals surface area contributed by atoms with Gasteiger partial charge in [-0.15, -0.1) is 0 Å². The Kier molecular flexibility index (Phi) is 5.50. The normalized spacial score (nSPS) is 11.4. The molecule has 0 aliphatic heterocycles. The molecule has 0 saturated carbocycles. The van der Waals surface area contributed by atoms with Crippen molar-refractivity contribution in [3.8, 4) is 5.69 Å². The number of hydrogen-bond donors (Lipinski definition) is 0. The number of rotatable bonds is 5. The van der Waals surface area contributed by atoms with Gasteiger partial charge in [0, 0.05) is 43.3 Å². The van der Waals surface area contributed by atoms with E-state index in [-0.39, 0.29) is 17.1 Å². The zero-order valence-corrected chi connectivity index (χ0v) is 15.0. The van der Waals surface area contributed by atoms with Gasteiger partial charge in [-0.1, -0.05) is 18.2 Å². The lowest BCUT2D eigenvalue weighted by atomic mass is 10.2. The number of carbonyl (C=O) groups is 1. The van der Waals surface area contributed by atoms with E-state index in [1.54, 1.807) is 17.1 Å². The van der Waals surface area contributed by atoms with Crippen molar-refractivity contribution in [2.45, 2.75) is 17.1 Å². The molecule has 0 spiro atoms. The van der Waals surface area contributed by atoms with Crippen LogP contribution in [0, 0.1) is 0 Å². The summed E-state index contributed by atoms with van der Waals surface area (Å²) in [6.07, 6.45) is 4.62. The van der Waals surface area contributed by atoms with Gasteiger partial charge >= 0.3 is 5.51 Å². The maximum absolute atomic E-state index is 12.7. The topological polar surface area (TPSA) is 51.0 Å². The fourth-order valence-corrected chi connectivity index (χ4v) is 3.06. The molecule has 0 atom stereocenters. The highest BCUT2D eigenvalue weighted by atomic mass is 32.2. The first-order valence-corrected chi connectivity index (χ1v) is 8.70. The molecule has 0 aliphatic rings. The number of aromatic nitrogens is 3. The first kappa shape index (κ1) is 19.0. The Bertz CT molecular complexity index is 928. The molecule has 5 nitrogen and oxygen atoms in total. The number of amides is 1. The molecule has 0 radical (unpaired) electrons. The number of benzene rings is 1. The Balaban J connectivity index is 1.75. The Labute approximate surface area is 157 Å². The molecule has 1 amide bonds. The van der Waals surface area contributed by atoms with Crippen molar-refractivity contribution in [2.75, 3.05) is 7.05 Å². The van der Waals surface area contributed by atoms with Gasteiger partial charge in [0.2, 0.25) is 0 Å². The van der Waals surface area contributed by atoms with E-state index >= 15 is 0 Å². The summed E-state index contributed by atoms with van der Waals surface area (Å²) in [6, 6.07) is 12.2. The van der Waals surface area contributed by atoms with Crippen LogP contribution in [0.2, 0.25) is 0 Å². The highest BCUT2D eigenvalue weighted by molar-refractivity contribution is 8.00. The summed E-state index contributed by atoms with van der Waals surface area (Å²) in [7, 11) is 1.53. The van der Waals surface area contributed by atoms with E-state index in [4.69, 9.17) is 0 Å². The number of thioether (sulfide) groups is 1. The van der Waals surface area contributed by atoms with E-state index in [0.717, 1.165) is 11.3 Å². The zero-order chi connectivity index (χ0) is 19.4. The van der Waals surface area contributed by atoms with Crippen LogP contribution in [0.1, 0.15) is 15.9 Å². The summed E-state index contributed by atoms with van der Waals surface area (Å²) in [5, 5.41) is 3.89. The Morgan fingerprint density at radius 2 is 1.93 bits per heavy atom. The number of alkyl halides is 3. The summed E-state index contributed by atoms with van der Waals surface area (Å²) in [5.41, 5.74) is -2.98. The minimum atomic E-state index is -4.52. The number of pyridine rings is 1. The molecular formula is C18H15F3N4OS. The second kappa shape index (κ2) is 7.83. The molecule has 3 aromatic rings. The zero-order valence-electron chi connectivity index (χ0n) is 14.2.